The minimum Gasteiger partial charge on any atom is -0.313 e. The summed E-state index contributed by atoms with van der Waals surface area (Å²) in [7, 11) is -3.11. The molecule has 0 aliphatic carbocycles. The molecule has 8 heteroatoms. The molecule has 0 fully saturated rings. The number of alkyl halides is 3. The van der Waals surface area contributed by atoms with E-state index in [1.54, 1.807) is 6.07 Å². The number of nitrogens with one attached hydrogen (secondary N) is 1. The maximum atomic E-state index is 13.0. The molecule has 0 bridgehead atoms. The topological polar surface area (TPSA) is 46.2 Å². The molecular formula is C13H18F3NO2S2. The van der Waals surface area contributed by atoms with Crippen LogP contribution in [-0.4, -0.2) is 32.7 Å². The summed E-state index contributed by atoms with van der Waals surface area (Å²) in [6, 6.07) is 4.11. The molecule has 120 valence electrons. The summed E-state index contributed by atoms with van der Waals surface area (Å²) in [4.78, 5) is 0.422. The zero-order valence-electron chi connectivity index (χ0n) is 11.8. The second-order valence-corrected chi connectivity index (χ2v) is 8.00. The zero-order valence-corrected chi connectivity index (χ0v) is 13.5. The molecule has 0 radical (unpaired) electrons. The summed E-state index contributed by atoms with van der Waals surface area (Å²) in [5, 5.41) is 2.87. The van der Waals surface area contributed by atoms with Gasteiger partial charge in [0.15, 0.2) is 0 Å². The number of rotatable bonds is 7. The van der Waals surface area contributed by atoms with Gasteiger partial charge < -0.3 is 5.32 Å². The zero-order chi connectivity index (χ0) is 16.1. The van der Waals surface area contributed by atoms with Gasteiger partial charge in [0.25, 0.3) is 0 Å². The molecule has 0 unspecified atom stereocenters. The molecule has 1 N–H and O–H groups in total. The van der Waals surface area contributed by atoms with Gasteiger partial charge in [0, 0.05) is 23.4 Å². The Morgan fingerprint density at radius 1 is 1.29 bits per heavy atom. The van der Waals surface area contributed by atoms with Crippen LogP contribution in [0.1, 0.15) is 18.1 Å². The van der Waals surface area contributed by atoms with E-state index in [1.807, 2.05) is 6.92 Å². The average molecular weight is 341 g/mol. The molecule has 0 amide bonds. The summed E-state index contributed by atoms with van der Waals surface area (Å²) >= 11 is 1.11. The third-order valence-corrected chi connectivity index (χ3v) is 4.87. The van der Waals surface area contributed by atoms with Crippen molar-refractivity contribution >= 4 is 21.6 Å². The summed E-state index contributed by atoms with van der Waals surface area (Å²) in [6.07, 6.45) is -3.31. The lowest BCUT2D eigenvalue weighted by Crippen LogP contribution is -2.17. The predicted octanol–water partition coefficient (Wildman–Crippen LogP) is 2.95. The van der Waals surface area contributed by atoms with Crippen LogP contribution < -0.4 is 5.32 Å². The van der Waals surface area contributed by atoms with Gasteiger partial charge in [0.2, 0.25) is 0 Å². The number of sulfone groups is 1. The summed E-state index contributed by atoms with van der Waals surface area (Å²) in [5.41, 5.74) is -0.482. The first-order valence-electron chi connectivity index (χ1n) is 6.35. The van der Waals surface area contributed by atoms with Crippen molar-refractivity contribution in [2.24, 2.45) is 0 Å². The minimum atomic E-state index is -4.42. The van der Waals surface area contributed by atoms with Crippen molar-refractivity contribution in [3.05, 3.63) is 29.3 Å². The lowest BCUT2D eigenvalue weighted by atomic mass is 10.1. The van der Waals surface area contributed by atoms with Gasteiger partial charge in [-0.3, -0.25) is 0 Å². The standard InChI is InChI=1S/C13H18F3NO2S2/c1-3-17-9-10-4-5-11(8-12(10)13(14,15)16)20-6-7-21(2,18)19/h4-5,8,17H,3,6-7,9H2,1-2H3. The van der Waals surface area contributed by atoms with E-state index >= 15 is 0 Å². The fourth-order valence-corrected chi connectivity index (χ4v) is 3.78. The van der Waals surface area contributed by atoms with E-state index in [2.05, 4.69) is 5.32 Å². The minimum absolute atomic E-state index is 0.0574. The van der Waals surface area contributed by atoms with Crippen molar-refractivity contribution in [2.45, 2.75) is 24.5 Å². The monoisotopic (exact) mass is 341 g/mol. The SMILES string of the molecule is CCNCc1ccc(SCCS(C)(=O)=O)cc1C(F)(F)F. The second-order valence-electron chi connectivity index (χ2n) is 4.58. The highest BCUT2D eigenvalue weighted by Gasteiger charge is 2.33. The smallest absolute Gasteiger partial charge is 0.313 e. The first kappa shape index (κ1) is 18.3. The number of hydrogen-bond donors (Lipinski definition) is 1. The Kier molecular flexibility index (Phi) is 6.55. The molecule has 0 heterocycles. The molecule has 0 aliphatic heterocycles. The molecule has 1 rings (SSSR count). The normalized spacial score (nSPS) is 12.6. The van der Waals surface area contributed by atoms with Crippen LogP contribution in [0.2, 0.25) is 0 Å². The van der Waals surface area contributed by atoms with E-state index in [1.165, 1.54) is 6.07 Å². The second kappa shape index (κ2) is 7.51. The van der Waals surface area contributed by atoms with Crippen molar-refractivity contribution in [1.29, 1.82) is 0 Å². The van der Waals surface area contributed by atoms with Gasteiger partial charge in [0.05, 0.1) is 11.3 Å². The first-order valence-corrected chi connectivity index (χ1v) is 9.39. The van der Waals surface area contributed by atoms with Crippen LogP contribution in [0.25, 0.3) is 0 Å². The van der Waals surface area contributed by atoms with E-state index in [0.29, 0.717) is 11.4 Å². The van der Waals surface area contributed by atoms with Crippen LogP contribution >= 0.6 is 11.8 Å². The summed E-state index contributed by atoms with van der Waals surface area (Å²) in [5.74, 6) is 0.181. The summed E-state index contributed by atoms with van der Waals surface area (Å²) in [6.45, 7) is 2.56. The molecule has 1 aromatic rings. The van der Waals surface area contributed by atoms with E-state index in [9.17, 15) is 21.6 Å². The van der Waals surface area contributed by atoms with Crippen LogP contribution in [0.3, 0.4) is 0 Å². The van der Waals surface area contributed by atoms with E-state index in [0.717, 1.165) is 24.1 Å². The molecule has 0 aliphatic rings. The van der Waals surface area contributed by atoms with Gasteiger partial charge in [0.1, 0.15) is 9.84 Å². The van der Waals surface area contributed by atoms with Crippen LogP contribution in [0.5, 0.6) is 0 Å². The fraction of sp³-hybridized carbons (Fsp3) is 0.538. The van der Waals surface area contributed by atoms with Crippen LogP contribution in [0.4, 0.5) is 13.2 Å². The summed E-state index contributed by atoms with van der Waals surface area (Å²) < 4.78 is 61.1. The first-order chi connectivity index (χ1) is 9.63. The maximum absolute atomic E-state index is 13.0. The highest BCUT2D eigenvalue weighted by atomic mass is 32.2. The van der Waals surface area contributed by atoms with Crippen LogP contribution in [-0.2, 0) is 22.6 Å². The lowest BCUT2D eigenvalue weighted by molar-refractivity contribution is -0.138. The van der Waals surface area contributed by atoms with Crippen molar-refractivity contribution in [1.82, 2.24) is 5.32 Å². The highest BCUT2D eigenvalue weighted by molar-refractivity contribution is 8.00. The van der Waals surface area contributed by atoms with Crippen molar-refractivity contribution < 1.29 is 21.6 Å². The Balaban J connectivity index is 2.89. The number of halogens is 3. The third-order valence-electron chi connectivity index (χ3n) is 2.68. The molecule has 3 nitrogen and oxygen atoms in total. The van der Waals surface area contributed by atoms with Gasteiger partial charge in [-0.25, -0.2) is 8.42 Å². The third kappa shape index (κ3) is 6.71. The quantitative estimate of drug-likeness (QED) is 0.775. The molecule has 0 saturated carbocycles. The Morgan fingerprint density at radius 2 is 1.95 bits per heavy atom. The predicted molar refractivity (Wildman–Crippen MR) is 79.3 cm³/mol. The molecule has 0 spiro atoms. The van der Waals surface area contributed by atoms with Gasteiger partial charge in [-0.05, 0) is 24.2 Å². The number of benzene rings is 1. The Labute approximate surface area is 127 Å². The van der Waals surface area contributed by atoms with E-state index < -0.39 is 21.6 Å². The number of thioether (sulfide) groups is 1. The van der Waals surface area contributed by atoms with Crippen LogP contribution in [0.15, 0.2) is 23.1 Å². The largest absolute Gasteiger partial charge is 0.416 e. The van der Waals surface area contributed by atoms with Gasteiger partial charge in [-0.15, -0.1) is 11.8 Å². The average Bonchev–Trinajstić information content (AvgIpc) is 2.34. The molecule has 0 atom stereocenters. The van der Waals surface area contributed by atoms with E-state index in [4.69, 9.17) is 0 Å². The van der Waals surface area contributed by atoms with Gasteiger partial charge in [-0.1, -0.05) is 13.0 Å². The molecular weight excluding hydrogens is 323 g/mol. The molecule has 0 saturated heterocycles. The molecule has 1 aromatic carbocycles. The number of hydrogen-bond acceptors (Lipinski definition) is 4. The molecule has 0 aromatic heterocycles. The lowest BCUT2D eigenvalue weighted by Gasteiger charge is -2.14. The van der Waals surface area contributed by atoms with Gasteiger partial charge in [-0.2, -0.15) is 13.2 Å². The Morgan fingerprint density at radius 3 is 2.48 bits per heavy atom. The Bertz CT molecular complexity index is 571. The van der Waals surface area contributed by atoms with Crippen molar-refractivity contribution in [3.8, 4) is 0 Å². The fourth-order valence-electron chi connectivity index (χ4n) is 1.63. The van der Waals surface area contributed by atoms with Crippen molar-refractivity contribution in [3.63, 3.8) is 0 Å². The van der Waals surface area contributed by atoms with E-state index in [-0.39, 0.29) is 23.6 Å². The Hall–Kier alpha value is -0.730. The van der Waals surface area contributed by atoms with Crippen LogP contribution in [0, 0.1) is 0 Å². The van der Waals surface area contributed by atoms with Crippen molar-refractivity contribution in [2.75, 3.05) is 24.3 Å². The molecule has 21 heavy (non-hydrogen) atoms. The maximum Gasteiger partial charge on any atom is 0.416 e. The highest BCUT2D eigenvalue weighted by Crippen LogP contribution is 2.34. The van der Waals surface area contributed by atoms with Gasteiger partial charge >= 0.3 is 6.18 Å².